The summed E-state index contributed by atoms with van der Waals surface area (Å²) in [4.78, 5) is 24.6. The number of amides is 1. The van der Waals surface area contributed by atoms with Gasteiger partial charge in [0, 0.05) is 29.7 Å². The summed E-state index contributed by atoms with van der Waals surface area (Å²) in [7, 11) is 0. The normalized spacial score (nSPS) is 18.1. The van der Waals surface area contributed by atoms with E-state index < -0.39 is 4.92 Å². The predicted molar refractivity (Wildman–Crippen MR) is 85.2 cm³/mol. The third-order valence-corrected chi connectivity index (χ3v) is 5.30. The van der Waals surface area contributed by atoms with E-state index in [4.69, 9.17) is 11.6 Å². The molecule has 1 amide bonds. The lowest BCUT2D eigenvalue weighted by molar-refractivity contribution is -0.384. The Morgan fingerprint density at radius 1 is 1.43 bits per heavy atom. The molecule has 0 saturated carbocycles. The zero-order chi connectivity index (χ0) is 15.6. The minimum Gasteiger partial charge on any atom is -0.338 e. The molecule has 1 saturated heterocycles. The molecule has 114 valence electrons. The molecule has 1 aromatic carbocycles. The van der Waals surface area contributed by atoms with Crippen LogP contribution in [0.15, 0.2) is 18.2 Å². The van der Waals surface area contributed by atoms with Crippen LogP contribution in [0, 0.1) is 10.1 Å². The molecule has 1 aromatic rings. The van der Waals surface area contributed by atoms with Gasteiger partial charge in [0.2, 0.25) is 0 Å². The highest BCUT2D eigenvalue weighted by Gasteiger charge is 2.28. The van der Waals surface area contributed by atoms with Gasteiger partial charge in [-0.2, -0.15) is 11.8 Å². The molecule has 1 fully saturated rings. The molecule has 0 atom stereocenters. The molecule has 2 rings (SSSR count). The molecule has 0 N–H and O–H groups in total. The van der Waals surface area contributed by atoms with Crippen LogP contribution in [0.1, 0.15) is 30.6 Å². The monoisotopic (exact) mass is 328 g/mol. The zero-order valence-corrected chi connectivity index (χ0v) is 13.5. The third kappa shape index (κ3) is 3.68. The van der Waals surface area contributed by atoms with Crippen molar-refractivity contribution < 1.29 is 9.72 Å². The first-order chi connectivity index (χ1) is 9.82. The van der Waals surface area contributed by atoms with Crippen molar-refractivity contribution >= 4 is 35.0 Å². The molecule has 21 heavy (non-hydrogen) atoms. The van der Waals surface area contributed by atoms with Crippen LogP contribution < -0.4 is 0 Å². The molecule has 1 aliphatic heterocycles. The average Bonchev–Trinajstić information content (AvgIpc) is 2.59. The van der Waals surface area contributed by atoms with Gasteiger partial charge in [-0.05, 0) is 12.5 Å². The lowest BCUT2D eigenvalue weighted by atomic mass is 10.1. The molecule has 7 heteroatoms. The summed E-state index contributed by atoms with van der Waals surface area (Å²) in [5.41, 5.74) is -0.0254. The Balaban J connectivity index is 2.24. The van der Waals surface area contributed by atoms with Crippen LogP contribution in [0.25, 0.3) is 0 Å². The Morgan fingerprint density at radius 3 is 2.81 bits per heavy atom. The average molecular weight is 329 g/mol. The van der Waals surface area contributed by atoms with Crippen LogP contribution in [0.2, 0.25) is 5.02 Å². The number of nitro groups is 1. The van der Waals surface area contributed by atoms with E-state index in [9.17, 15) is 14.9 Å². The minimum atomic E-state index is -0.569. The van der Waals surface area contributed by atoms with Crippen molar-refractivity contribution in [1.82, 2.24) is 4.90 Å². The molecule has 1 heterocycles. The van der Waals surface area contributed by atoms with E-state index in [1.165, 1.54) is 12.1 Å². The van der Waals surface area contributed by atoms with Gasteiger partial charge in [0.05, 0.1) is 10.5 Å². The van der Waals surface area contributed by atoms with Crippen LogP contribution in [0.5, 0.6) is 0 Å². The predicted octanol–water partition coefficient (Wildman–Crippen LogP) is 3.61. The number of benzene rings is 1. The highest BCUT2D eigenvalue weighted by molar-refractivity contribution is 8.00. The van der Waals surface area contributed by atoms with Crippen LogP contribution in [-0.4, -0.2) is 39.3 Å². The van der Waals surface area contributed by atoms with Crippen LogP contribution >= 0.6 is 23.4 Å². The van der Waals surface area contributed by atoms with Gasteiger partial charge in [-0.3, -0.25) is 14.9 Å². The lowest BCUT2D eigenvalue weighted by Gasteiger charge is -2.23. The summed E-state index contributed by atoms with van der Waals surface area (Å²) < 4.78 is 0.140. The first-order valence-corrected chi connectivity index (χ1v) is 8.04. The molecule has 0 aromatic heterocycles. The number of nitro benzene ring substituents is 1. The molecule has 0 aliphatic carbocycles. The van der Waals surface area contributed by atoms with Gasteiger partial charge in [0.15, 0.2) is 0 Å². The van der Waals surface area contributed by atoms with E-state index in [1.807, 2.05) is 11.8 Å². The minimum absolute atomic E-state index is 0.0799. The molecule has 5 nitrogen and oxygen atoms in total. The molecule has 0 bridgehead atoms. The largest absolute Gasteiger partial charge is 0.338 e. The van der Waals surface area contributed by atoms with Gasteiger partial charge < -0.3 is 4.90 Å². The van der Waals surface area contributed by atoms with E-state index in [1.54, 1.807) is 11.0 Å². The van der Waals surface area contributed by atoms with Crippen molar-refractivity contribution in [2.24, 2.45) is 0 Å². The number of rotatable bonds is 2. The Morgan fingerprint density at radius 2 is 2.14 bits per heavy atom. The summed E-state index contributed by atoms with van der Waals surface area (Å²) in [6, 6.07) is 4.34. The SMILES string of the molecule is CC1(C)CCN(C(=O)c2cccc([N+](=O)[O-])c2Cl)CCS1. The van der Waals surface area contributed by atoms with E-state index in [2.05, 4.69) is 13.8 Å². The van der Waals surface area contributed by atoms with E-state index in [0.717, 1.165) is 12.2 Å². The standard InChI is InChI=1S/C14H17ClN2O3S/c1-14(2)6-7-16(8-9-21-14)13(18)10-4-3-5-11(12(10)15)17(19)20/h3-5H,6-9H2,1-2H3. The fourth-order valence-corrected chi connectivity index (χ4v) is 3.60. The third-order valence-electron chi connectivity index (χ3n) is 3.53. The Kier molecular flexibility index (Phi) is 4.78. The van der Waals surface area contributed by atoms with Crippen molar-refractivity contribution in [3.8, 4) is 0 Å². The first-order valence-electron chi connectivity index (χ1n) is 6.68. The maximum absolute atomic E-state index is 12.6. The summed E-state index contributed by atoms with van der Waals surface area (Å²) >= 11 is 7.86. The Bertz CT molecular complexity index is 577. The molecule has 0 spiro atoms. The van der Waals surface area contributed by atoms with Gasteiger partial charge in [0.25, 0.3) is 11.6 Å². The smallest absolute Gasteiger partial charge is 0.288 e. The number of halogens is 1. The van der Waals surface area contributed by atoms with Crippen molar-refractivity contribution in [2.75, 3.05) is 18.8 Å². The number of carbonyl (C=O) groups is 1. The van der Waals surface area contributed by atoms with Gasteiger partial charge in [-0.25, -0.2) is 0 Å². The molecular weight excluding hydrogens is 312 g/mol. The zero-order valence-electron chi connectivity index (χ0n) is 12.0. The van der Waals surface area contributed by atoms with Crippen molar-refractivity contribution in [3.05, 3.63) is 38.9 Å². The van der Waals surface area contributed by atoms with Gasteiger partial charge in [-0.1, -0.05) is 31.5 Å². The second kappa shape index (κ2) is 6.23. The van der Waals surface area contributed by atoms with Crippen LogP contribution in [-0.2, 0) is 0 Å². The number of carbonyl (C=O) groups excluding carboxylic acids is 1. The van der Waals surface area contributed by atoms with Crippen molar-refractivity contribution in [2.45, 2.75) is 25.0 Å². The Labute approximate surface area is 132 Å². The quantitative estimate of drug-likeness (QED) is 0.614. The summed E-state index contributed by atoms with van der Waals surface area (Å²) in [6.45, 7) is 5.59. The second-order valence-corrected chi connectivity index (χ2v) is 7.73. The number of hydrogen-bond acceptors (Lipinski definition) is 4. The van der Waals surface area contributed by atoms with E-state index >= 15 is 0 Å². The van der Waals surface area contributed by atoms with E-state index in [-0.39, 0.29) is 26.9 Å². The van der Waals surface area contributed by atoms with Gasteiger partial charge in [0.1, 0.15) is 5.02 Å². The van der Waals surface area contributed by atoms with Gasteiger partial charge >= 0.3 is 0 Å². The number of nitrogens with zero attached hydrogens (tertiary/aromatic N) is 2. The van der Waals surface area contributed by atoms with Crippen LogP contribution in [0.3, 0.4) is 0 Å². The fourth-order valence-electron chi connectivity index (χ4n) is 2.22. The maximum atomic E-state index is 12.6. The lowest BCUT2D eigenvalue weighted by Crippen LogP contribution is -2.33. The number of thioether (sulfide) groups is 1. The molecule has 0 unspecified atom stereocenters. The fraction of sp³-hybridized carbons (Fsp3) is 0.500. The van der Waals surface area contributed by atoms with Crippen LogP contribution in [0.4, 0.5) is 5.69 Å². The summed E-state index contributed by atoms with van der Waals surface area (Å²) in [6.07, 6.45) is 0.885. The summed E-state index contributed by atoms with van der Waals surface area (Å²) in [5, 5.41) is 10.8. The topological polar surface area (TPSA) is 63.5 Å². The molecule has 1 aliphatic rings. The Hall–Kier alpha value is -1.27. The first kappa shape index (κ1) is 16.1. The second-order valence-electron chi connectivity index (χ2n) is 5.55. The molecule has 0 radical (unpaired) electrons. The van der Waals surface area contributed by atoms with Crippen molar-refractivity contribution in [3.63, 3.8) is 0 Å². The molecular formula is C14H17ClN2O3S. The van der Waals surface area contributed by atoms with Gasteiger partial charge in [-0.15, -0.1) is 0 Å². The number of hydrogen-bond donors (Lipinski definition) is 0. The maximum Gasteiger partial charge on any atom is 0.288 e. The van der Waals surface area contributed by atoms with Crippen molar-refractivity contribution in [1.29, 1.82) is 0 Å². The highest BCUT2D eigenvalue weighted by atomic mass is 35.5. The van der Waals surface area contributed by atoms with E-state index in [0.29, 0.717) is 13.1 Å². The highest BCUT2D eigenvalue weighted by Crippen LogP contribution is 2.33. The summed E-state index contributed by atoms with van der Waals surface area (Å²) in [5.74, 6) is 0.618.